The number of amides is 1. The Kier molecular flexibility index (Phi) is 5.43. The molecule has 0 aromatic heterocycles. The summed E-state index contributed by atoms with van der Waals surface area (Å²) in [5, 5.41) is 0. The quantitative estimate of drug-likeness (QED) is 0.578. The fourth-order valence-corrected chi connectivity index (χ4v) is 1.01. The third-order valence-corrected chi connectivity index (χ3v) is 1.83. The first kappa shape index (κ1) is 11.2. The highest BCUT2D eigenvalue weighted by molar-refractivity contribution is 5.75. The van der Waals surface area contributed by atoms with E-state index in [4.69, 9.17) is 0 Å². The molecular weight excluding hydrogens is 150 g/mol. The molecule has 0 atom stereocenters. The first-order chi connectivity index (χ1) is 5.57. The number of carbonyl (C=O) groups excluding carboxylic acids is 1. The second-order valence-electron chi connectivity index (χ2n) is 3.23. The summed E-state index contributed by atoms with van der Waals surface area (Å²) in [5.74, 6) is 0.219. The molecule has 2 nitrogen and oxygen atoms in total. The Balaban J connectivity index is 3.50. The SMILES string of the molecule is C=C(C)CCCN(C)C(=O)CC. The van der Waals surface area contributed by atoms with E-state index >= 15 is 0 Å². The number of hydrogen-bond acceptors (Lipinski definition) is 1. The maximum atomic E-state index is 11.1. The van der Waals surface area contributed by atoms with E-state index in [1.807, 2.05) is 20.9 Å². The van der Waals surface area contributed by atoms with Crippen LogP contribution in [0, 0.1) is 0 Å². The molecule has 0 fully saturated rings. The second kappa shape index (κ2) is 5.81. The molecule has 0 bridgehead atoms. The lowest BCUT2D eigenvalue weighted by Gasteiger charge is -2.15. The van der Waals surface area contributed by atoms with E-state index in [1.54, 1.807) is 4.90 Å². The van der Waals surface area contributed by atoms with Gasteiger partial charge in [0.25, 0.3) is 0 Å². The van der Waals surface area contributed by atoms with Crippen LogP contribution in [0.25, 0.3) is 0 Å². The highest BCUT2D eigenvalue weighted by Crippen LogP contribution is 2.01. The summed E-state index contributed by atoms with van der Waals surface area (Å²) in [6, 6.07) is 0. The lowest BCUT2D eigenvalue weighted by molar-refractivity contribution is -0.129. The lowest BCUT2D eigenvalue weighted by Crippen LogP contribution is -2.26. The van der Waals surface area contributed by atoms with Gasteiger partial charge in [-0.2, -0.15) is 0 Å². The Morgan fingerprint density at radius 3 is 2.50 bits per heavy atom. The molecule has 0 unspecified atom stereocenters. The van der Waals surface area contributed by atoms with Crippen LogP contribution in [0.4, 0.5) is 0 Å². The first-order valence-corrected chi connectivity index (χ1v) is 4.46. The van der Waals surface area contributed by atoms with Crippen molar-refractivity contribution < 1.29 is 4.79 Å². The van der Waals surface area contributed by atoms with E-state index < -0.39 is 0 Å². The standard InChI is InChI=1S/C10H19NO/c1-5-10(12)11(4)8-6-7-9(2)3/h2,5-8H2,1,3-4H3. The fraction of sp³-hybridized carbons (Fsp3) is 0.700. The van der Waals surface area contributed by atoms with Crippen molar-refractivity contribution in [2.75, 3.05) is 13.6 Å². The van der Waals surface area contributed by atoms with Crippen molar-refractivity contribution in [3.8, 4) is 0 Å². The van der Waals surface area contributed by atoms with Crippen molar-refractivity contribution in [2.24, 2.45) is 0 Å². The van der Waals surface area contributed by atoms with Crippen LogP contribution in [0.15, 0.2) is 12.2 Å². The van der Waals surface area contributed by atoms with Crippen LogP contribution in [0.1, 0.15) is 33.1 Å². The molecule has 0 aliphatic rings. The molecule has 0 radical (unpaired) electrons. The summed E-state index contributed by atoms with van der Waals surface area (Å²) in [4.78, 5) is 12.9. The minimum Gasteiger partial charge on any atom is -0.346 e. The van der Waals surface area contributed by atoms with Gasteiger partial charge in [-0.3, -0.25) is 4.79 Å². The number of carbonyl (C=O) groups is 1. The van der Waals surface area contributed by atoms with Gasteiger partial charge >= 0.3 is 0 Å². The highest BCUT2D eigenvalue weighted by Gasteiger charge is 2.03. The smallest absolute Gasteiger partial charge is 0.222 e. The van der Waals surface area contributed by atoms with Gasteiger partial charge < -0.3 is 4.90 Å². The highest BCUT2D eigenvalue weighted by atomic mass is 16.2. The minimum absolute atomic E-state index is 0.219. The van der Waals surface area contributed by atoms with Crippen LogP contribution in [0.2, 0.25) is 0 Å². The zero-order valence-corrected chi connectivity index (χ0v) is 8.39. The van der Waals surface area contributed by atoms with Crippen LogP contribution in [0.5, 0.6) is 0 Å². The Labute approximate surface area is 75.3 Å². The zero-order chi connectivity index (χ0) is 9.56. The van der Waals surface area contributed by atoms with Crippen LogP contribution in [-0.4, -0.2) is 24.4 Å². The van der Waals surface area contributed by atoms with Gasteiger partial charge in [0.1, 0.15) is 0 Å². The predicted molar refractivity (Wildman–Crippen MR) is 52.0 cm³/mol. The molecule has 70 valence electrons. The van der Waals surface area contributed by atoms with Crippen molar-refractivity contribution >= 4 is 5.91 Å². The summed E-state index contributed by atoms with van der Waals surface area (Å²) in [6.07, 6.45) is 2.64. The lowest BCUT2D eigenvalue weighted by atomic mass is 10.2. The van der Waals surface area contributed by atoms with Crippen molar-refractivity contribution in [1.29, 1.82) is 0 Å². The molecule has 0 aliphatic heterocycles. The predicted octanol–water partition coefficient (Wildman–Crippen LogP) is 2.21. The Morgan fingerprint density at radius 1 is 1.50 bits per heavy atom. The van der Waals surface area contributed by atoms with E-state index in [0.29, 0.717) is 6.42 Å². The van der Waals surface area contributed by atoms with Gasteiger partial charge in [-0.25, -0.2) is 0 Å². The normalized spacial score (nSPS) is 9.58. The van der Waals surface area contributed by atoms with Crippen LogP contribution >= 0.6 is 0 Å². The molecule has 1 amide bonds. The van der Waals surface area contributed by atoms with E-state index in [2.05, 4.69) is 6.58 Å². The Bertz CT molecular complexity index is 163. The van der Waals surface area contributed by atoms with E-state index in [9.17, 15) is 4.79 Å². The number of hydrogen-bond donors (Lipinski definition) is 0. The second-order valence-corrected chi connectivity index (χ2v) is 3.23. The van der Waals surface area contributed by atoms with Gasteiger partial charge in [0.05, 0.1) is 0 Å². The van der Waals surface area contributed by atoms with Crippen molar-refractivity contribution in [2.45, 2.75) is 33.1 Å². The molecule has 0 aromatic carbocycles. The molecule has 0 spiro atoms. The van der Waals surface area contributed by atoms with Crippen LogP contribution < -0.4 is 0 Å². The van der Waals surface area contributed by atoms with Crippen molar-refractivity contribution in [3.63, 3.8) is 0 Å². The summed E-state index contributed by atoms with van der Waals surface area (Å²) in [7, 11) is 1.85. The molecule has 0 N–H and O–H groups in total. The van der Waals surface area contributed by atoms with Crippen LogP contribution in [-0.2, 0) is 4.79 Å². The van der Waals surface area contributed by atoms with Crippen LogP contribution in [0.3, 0.4) is 0 Å². The third-order valence-electron chi connectivity index (χ3n) is 1.83. The average molecular weight is 169 g/mol. The Morgan fingerprint density at radius 2 is 2.08 bits per heavy atom. The van der Waals surface area contributed by atoms with E-state index in [-0.39, 0.29) is 5.91 Å². The number of rotatable bonds is 5. The summed E-state index contributed by atoms with van der Waals surface area (Å²) in [6.45, 7) is 8.56. The summed E-state index contributed by atoms with van der Waals surface area (Å²) >= 11 is 0. The van der Waals surface area contributed by atoms with Gasteiger partial charge in [0, 0.05) is 20.0 Å². The molecular formula is C10H19NO. The zero-order valence-electron chi connectivity index (χ0n) is 8.39. The van der Waals surface area contributed by atoms with Crippen molar-refractivity contribution in [1.82, 2.24) is 4.90 Å². The fourth-order valence-electron chi connectivity index (χ4n) is 1.01. The van der Waals surface area contributed by atoms with E-state index in [0.717, 1.165) is 19.4 Å². The summed E-state index contributed by atoms with van der Waals surface area (Å²) < 4.78 is 0. The topological polar surface area (TPSA) is 20.3 Å². The molecule has 0 aliphatic carbocycles. The number of allylic oxidation sites excluding steroid dienone is 1. The van der Waals surface area contributed by atoms with Gasteiger partial charge in [-0.05, 0) is 19.8 Å². The maximum absolute atomic E-state index is 11.1. The van der Waals surface area contributed by atoms with Crippen molar-refractivity contribution in [3.05, 3.63) is 12.2 Å². The first-order valence-electron chi connectivity index (χ1n) is 4.46. The van der Waals surface area contributed by atoms with Gasteiger partial charge in [0.2, 0.25) is 5.91 Å². The molecule has 2 heteroatoms. The minimum atomic E-state index is 0.219. The van der Waals surface area contributed by atoms with Gasteiger partial charge in [0.15, 0.2) is 0 Å². The molecule has 0 saturated heterocycles. The largest absolute Gasteiger partial charge is 0.346 e. The van der Waals surface area contributed by atoms with Gasteiger partial charge in [-0.15, -0.1) is 6.58 Å². The maximum Gasteiger partial charge on any atom is 0.222 e. The van der Waals surface area contributed by atoms with E-state index in [1.165, 1.54) is 5.57 Å². The number of nitrogens with zero attached hydrogens (tertiary/aromatic N) is 1. The molecule has 0 saturated carbocycles. The molecule has 0 rings (SSSR count). The third kappa shape index (κ3) is 4.94. The summed E-state index contributed by atoms with van der Waals surface area (Å²) in [5.41, 5.74) is 1.19. The average Bonchev–Trinajstić information content (AvgIpc) is 2.02. The molecule has 0 aromatic rings. The Hall–Kier alpha value is -0.790. The molecule has 0 heterocycles. The van der Waals surface area contributed by atoms with Gasteiger partial charge in [-0.1, -0.05) is 12.5 Å². The monoisotopic (exact) mass is 169 g/mol. The molecule has 12 heavy (non-hydrogen) atoms.